The number of hydrogen-bond acceptors (Lipinski definition) is 2. The maximum absolute atomic E-state index is 12.3. The summed E-state index contributed by atoms with van der Waals surface area (Å²) in [7, 11) is 1.80. The van der Waals surface area contributed by atoms with Gasteiger partial charge in [0.25, 0.3) is 0 Å². The molecule has 0 aliphatic carbocycles. The first-order valence-corrected chi connectivity index (χ1v) is 7.73. The van der Waals surface area contributed by atoms with Crippen LogP contribution in [0.15, 0.2) is 35.3 Å². The molecule has 2 heterocycles. The second-order valence-corrected chi connectivity index (χ2v) is 5.98. The molecule has 1 saturated heterocycles. The Kier molecular flexibility index (Phi) is 3.97. The minimum absolute atomic E-state index is 0.0246. The number of hydrogen-bond donors (Lipinski definition) is 1. The van der Waals surface area contributed by atoms with Crippen molar-refractivity contribution in [2.75, 3.05) is 6.54 Å². The number of nitrogens with zero attached hydrogens (tertiary/aromatic N) is 2. The fraction of sp³-hybridized carbons (Fsp3) is 0.471. The Morgan fingerprint density at radius 2 is 2.10 bits per heavy atom. The van der Waals surface area contributed by atoms with E-state index in [1.165, 1.54) is 24.8 Å². The summed E-state index contributed by atoms with van der Waals surface area (Å²) < 4.78 is 3.46. The van der Waals surface area contributed by atoms with Gasteiger partial charge in [0.15, 0.2) is 0 Å². The SMILES string of the molecule is Cc1cn(C)c(=O)n1-c1ccccc1CC1CCCCN1. The van der Waals surface area contributed by atoms with Crippen LogP contribution in [-0.4, -0.2) is 21.7 Å². The maximum Gasteiger partial charge on any atom is 0.332 e. The van der Waals surface area contributed by atoms with Crippen molar-refractivity contribution in [1.82, 2.24) is 14.5 Å². The van der Waals surface area contributed by atoms with Crippen molar-refractivity contribution in [3.63, 3.8) is 0 Å². The number of aromatic nitrogens is 2. The van der Waals surface area contributed by atoms with E-state index in [1.807, 2.05) is 29.8 Å². The highest BCUT2D eigenvalue weighted by molar-refractivity contribution is 5.42. The Labute approximate surface area is 125 Å². The molecular weight excluding hydrogens is 262 g/mol. The molecule has 21 heavy (non-hydrogen) atoms. The average Bonchev–Trinajstić information content (AvgIpc) is 2.74. The average molecular weight is 285 g/mol. The van der Waals surface area contributed by atoms with Crippen molar-refractivity contribution in [3.8, 4) is 5.69 Å². The highest BCUT2D eigenvalue weighted by Gasteiger charge is 2.17. The zero-order chi connectivity index (χ0) is 14.8. The van der Waals surface area contributed by atoms with E-state index in [4.69, 9.17) is 0 Å². The third-order valence-corrected chi connectivity index (χ3v) is 4.34. The number of imidazole rings is 1. The maximum atomic E-state index is 12.3. The van der Waals surface area contributed by atoms with Gasteiger partial charge in [-0.25, -0.2) is 4.79 Å². The molecule has 0 radical (unpaired) electrons. The smallest absolute Gasteiger partial charge is 0.314 e. The molecule has 0 spiro atoms. The van der Waals surface area contributed by atoms with Gasteiger partial charge in [-0.2, -0.15) is 0 Å². The molecule has 4 nitrogen and oxygen atoms in total. The number of benzene rings is 1. The van der Waals surface area contributed by atoms with Gasteiger partial charge in [-0.15, -0.1) is 0 Å². The molecule has 4 heteroatoms. The third kappa shape index (κ3) is 2.81. The summed E-state index contributed by atoms with van der Waals surface area (Å²) >= 11 is 0. The van der Waals surface area contributed by atoms with Crippen molar-refractivity contribution in [2.24, 2.45) is 7.05 Å². The number of rotatable bonds is 3. The molecule has 1 unspecified atom stereocenters. The summed E-state index contributed by atoms with van der Waals surface area (Å²) in [5, 5.41) is 3.59. The summed E-state index contributed by atoms with van der Waals surface area (Å²) in [5.74, 6) is 0. The minimum Gasteiger partial charge on any atom is -0.314 e. The highest BCUT2D eigenvalue weighted by Crippen LogP contribution is 2.19. The zero-order valence-electron chi connectivity index (χ0n) is 12.8. The van der Waals surface area contributed by atoms with E-state index in [1.54, 1.807) is 11.6 Å². The lowest BCUT2D eigenvalue weighted by Crippen LogP contribution is -2.36. The molecule has 2 aromatic rings. The first kappa shape index (κ1) is 14.1. The number of piperidine rings is 1. The Balaban J connectivity index is 1.97. The summed E-state index contributed by atoms with van der Waals surface area (Å²) in [4.78, 5) is 12.3. The molecular formula is C17H23N3O. The van der Waals surface area contributed by atoms with Crippen molar-refractivity contribution in [1.29, 1.82) is 0 Å². The van der Waals surface area contributed by atoms with E-state index in [9.17, 15) is 4.79 Å². The molecule has 1 atom stereocenters. The lowest BCUT2D eigenvalue weighted by Gasteiger charge is -2.24. The Morgan fingerprint density at radius 1 is 1.29 bits per heavy atom. The van der Waals surface area contributed by atoms with Crippen molar-refractivity contribution in [3.05, 3.63) is 52.2 Å². The highest BCUT2D eigenvalue weighted by atomic mass is 16.1. The van der Waals surface area contributed by atoms with Gasteiger partial charge in [-0.3, -0.25) is 4.57 Å². The summed E-state index contributed by atoms with van der Waals surface area (Å²) in [6.07, 6.45) is 6.66. The summed E-state index contributed by atoms with van der Waals surface area (Å²) in [6, 6.07) is 8.79. The van der Waals surface area contributed by atoms with E-state index in [0.717, 1.165) is 24.3 Å². The van der Waals surface area contributed by atoms with Crippen molar-refractivity contribution < 1.29 is 0 Å². The Hall–Kier alpha value is -1.81. The van der Waals surface area contributed by atoms with E-state index < -0.39 is 0 Å². The quantitative estimate of drug-likeness (QED) is 0.938. The van der Waals surface area contributed by atoms with Crippen LogP contribution in [0.25, 0.3) is 5.69 Å². The van der Waals surface area contributed by atoms with Gasteiger partial charge in [-0.05, 0) is 44.4 Å². The molecule has 1 aliphatic heterocycles. The van der Waals surface area contributed by atoms with Crippen LogP contribution in [0.3, 0.4) is 0 Å². The number of aryl methyl sites for hydroxylation is 2. The second kappa shape index (κ2) is 5.90. The number of para-hydroxylation sites is 1. The van der Waals surface area contributed by atoms with Crippen LogP contribution in [0.1, 0.15) is 30.5 Å². The van der Waals surface area contributed by atoms with E-state index in [-0.39, 0.29) is 5.69 Å². The van der Waals surface area contributed by atoms with Crippen LogP contribution in [0.2, 0.25) is 0 Å². The lowest BCUT2D eigenvalue weighted by atomic mass is 9.97. The van der Waals surface area contributed by atoms with Crippen LogP contribution in [0.4, 0.5) is 0 Å². The topological polar surface area (TPSA) is 39.0 Å². The van der Waals surface area contributed by atoms with Gasteiger partial charge in [0.1, 0.15) is 0 Å². The first-order chi connectivity index (χ1) is 10.2. The van der Waals surface area contributed by atoms with Gasteiger partial charge < -0.3 is 9.88 Å². The predicted octanol–water partition coefficient (Wildman–Crippen LogP) is 2.17. The van der Waals surface area contributed by atoms with Crippen LogP contribution < -0.4 is 11.0 Å². The largest absolute Gasteiger partial charge is 0.332 e. The molecule has 0 amide bonds. The molecule has 1 fully saturated rings. The second-order valence-electron chi connectivity index (χ2n) is 5.98. The van der Waals surface area contributed by atoms with Crippen molar-refractivity contribution >= 4 is 0 Å². The van der Waals surface area contributed by atoms with E-state index >= 15 is 0 Å². The summed E-state index contributed by atoms with van der Waals surface area (Å²) in [5.41, 5.74) is 3.27. The molecule has 0 saturated carbocycles. The first-order valence-electron chi connectivity index (χ1n) is 7.73. The third-order valence-electron chi connectivity index (χ3n) is 4.34. The Morgan fingerprint density at radius 3 is 2.76 bits per heavy atom. The van der Waals surface area contributed by atoms with Gasteiger partial charge in [0.2, 0.25) is 0 Å². The fourth-order valence-corrected chi connectivity index (χ4v) is 3.26. The van der Waals surface area contributed by atoms with E-state index in [0.29, 0.717) is 6.04 Å². The normalized spacial score (nSPS) is 18.9. The molecule has 1 N–H and O–H groups in total. The predicted molar refractivity (Wildman–Crippen MR) is 85.1 cm³/mol. The van der Waals surface area contributed by atoms with Crippen molar-refractivity contribution in [2.45, 2.75) is 38.6 Å². The van der Waals surface area contributed by atoms with Crippen LogP contribution in [0, 0.1) is 6.92 Å². The van der Waals surface area contributed by atoms with Crippen LogP contribution in [0.5, 0.6) is 0 Å². The van der Waals surface area contributed by atoms with Crippen LogP contribution in [-0.2, 0) is 13.5 Å². The molecule has 112 valence electrons. The summed E-state index contributed by atoms with van der Waals surface area (Å²) in [6.45, 7) is 3.09. The van der Waals surface area contributed by atoms with Gasteiger partial charge in [-0.1, -0.05) is 24.6 Å². The fourth-order valence-electron chi connectivity index (χ4n) is 3.26. The van der Waals surface area contributed by atoms with Gasteiger partial charge >= 0.3 is 5.69 Å². The van der Waals surface area contributed by atoms with Crippen LogP contribution >= 0.6 is 0 Å². The Bertz CT molecular complexity index is 678. The monoisotopic (exact) mass is 285 g/mol. The standard InChI is InChI=1S/C17H23N3O/c1-13-12-19(2)17(21)20(13)16-9-4-3-7-14(16)11-15-8-5-6-10-18-15/h3-4,7,9,12,15,18H,5-6,8,10-11H2,1-2H3. The minimum atomic E-state index is 0.0246. The number of nitrogens with one attached hydrogen (secondary N) is 1. The van der Waals surface area contributed by atoms with Gasteiger partial charge in [0.05, 0.1) is 5.69 Å². The molecule has 1 aromatic heterocycles. The molecule has 0 bridgehead atoms. The lowest BCUT2D eigenvalue weighted by molar-refractivity contribution is 0.399. The molecule has 1 aromatic carbocycles. The molecule has 1 aliphatic rings. The van der Waals surface area contributed by atoms with E-state index in [2.05, 4.69) is 17.4 Å². The zero-order valence-corrected chi connectivity index (χ0v) is 12.8. The molecule has 3 rings (SSSR count). The van der Waals surface area contributed by atoms with Gasteiger partial charge in [0, 0.05) is 25.0 Å².